The average Bonchev–Trinajstić information content (AvgIpc) is 2.39. The van der Waals surface area contributed by atoms with Crippen molar-refractivity contribution in [3.8, 4) is 0 Å². The molecule has 1 aliphatic rings. The van der Waals surface area contributed by atoms with Crippen molar-refractivity contribution in [1.82, 2.24) is 0 Å². The normalized spacial score (nSPS) is 19.4. The molecular formula is C13H15NO3. The van der Waals surface area contributed by atoms with E-state index in [1.807, 2.05) is 0 Å². The van der Waals surface area contributed by atoms with Crippen LogP contribution in [0, 0.1) is 5.92 Å². The summed E-state index contributed by atoms with van der Waals surface area (Å²) in [5.74, 6) is -0.411. The standard InChI is InChI=1S/C13H15NO3/c1-2-9-7-12(14-17-8-9)10-3-5-11(6-4-10)13(15)16/h3-6,9H,2,7-8H2,1H3,(H,15,16). The maximum atomic E-state index is 10.7. The van der Waals surface area contributed by atoms with E-state index in [2.05, 4.69) is 12.1 Å². The highest BCUT2D eigenvalue weighted by molar-refractivity contribution is 6.01. The van der Waals surface area contributed by atoms with Gasteiger partial charge in [-0.2, -0.15) is 0 Å². The van der Waals surface area contributed by atoms with Crippen LogP contribution in [0.1, 0.15) is 35.7 Å². The summed E-state index contributed by atoms with van der Waals surface area (Å²) in [4.78, 5) is 15.9. The Morgan fingerprint density at radius 1 is 1.47 bits per heavy atom. The molecule has 2 rings (SSSR count). The van der Waals surface area contributed by atoms with E-state index in [0.29, 0.717) is 12.5 Å². The number of aromatic carboxylic acids is 1. The second-order valence-electron chi connectivity index (χ2n) is 4.19. The van der Waals surface area contributed by atoms with E-state index in [-0.39, 0.29) is 5.56 Å². The minimum atomic E-state index is -0.912. The lowest BCUT2D eigenvalue weighted by Gasteiger charge is -2.20. The van der Waals surface area contributed by atoms with Crippen LogP contribution in [0.15, 0.2) is 29.4 Å². The zero-order valence-corrected chi connectivity index (χ0v) is 9.72. The quantitative estimate of drug-likeness (QED) is 0.872. The van der Waals surface area contributed by atoms with E-state index in [1.165, 1.54) is 0 Å². The van der Waals surface area contributed by atoms with Crippen molar-refractivity contribution in [2.24, 2.45) is 11.1 Å². The van der Waals surface area contributed by atoms with Crippen molar-refractivity contribution in [3.05, 3.63) is 35.4 Å². The molecule has 0 fully saturated rings. The lowest BCUT2D eigenvalue weighted by molar-refractivity contribution is 0.0697. The molecule has 17 heavy (non-hydrogen) atoms. The molecule has 0 spiro atoms. The maximum absolute atomic E-state index is 10.7. The Labute approximate surface area is 99.9 Å². The van der Waals surface area contributed by atoms with Gasteiger partial charge in [-0.3, -0.25) is 0 Å². The van der Waals surface area contributed by atoms with Crippen LogP contribution in [-0.4, -0.2) is 23.4 Å². The van der Waals surface area contributed by atoms with Crippen LogP contribution in [0.2, 0.25) is 0 Å². The van der Waals surface area contributed by atoms with Gasteiger partial charge >= 0.3 is 5.97 Å². The van der Waals surface area contributed by atoms with Crippen LogP contribution in [0.25, 0.3) is 0 Å². The number of oxime groups is 1. The van der Waals surface area contributed by atoms with Gasteiger partial charge in [-0.05, 0) is 30.5 Å². The number of carbonyl (C=O) groups is 1. The Hall–Kier alpha value is -1.84. The summed E-state index contributed by atoms with van der Waals surface area (Å²) >= 11 is 0. The topological polar surface area (TPSA) is 58.9 Å². The molecule has 0 saturated heterocycles. The van der Waals surface area contributed by atoms with Crippen molar-refractivity contribution < 1.29 is 14.7 Å². The second kappa shape index (κ2) is 4.99. The molecule has 1 unspecified atom stereocenters. The van der Waals surface area contributed by atoms with Crippen LogP contribution in [0.5, 0.6) is 0 Å². The number of benzene rings is 1. The molecule has 1 N–H and O–H groups in total. The third kappa shape index (κ3) is 2.64. The number of rotatable bonds is 3. The zero-order chi connectivity index (χ0) is 12.3. The monoisotopic (exact) mass is 233 g/mol. The molecule has 4 nitrogen and oxygen atoms in total. The summed E-state index contributed by atoms with van der Waals surface area (Å²) in [5, 5.41) is 12.9. The third-order valence-electron chi connectivity index (χ3n) is 3.01. The average molecular weight is 233 g/mol. The van der Waals surface area contributed by atoms with Crippen molar-refractivity contribution in [1.29, 1.82) is 0 Å². The first-order chi connectivity index (χ1) is 8.20. The van der Waals surface area contributed by atoms with Gasteiger partial charge in [-0.25, -0.2) is 4.79 Å². The molecule has 4 heteroatoms. The number of nitrogens with zero attached hydrogens (tertiary/aromatic N) is 1. The van der Waals surface area contributed by atoms with Crippen LogP contribution in [0.4, 0.5) is 0 Å². The minimum absolute atomic E-state index is 0.290. The molecule has 0 radical (unpaired) electrons. The first kappa shape index (κ1) is 11.6. The van der Waals surface area contributed by atoms with E-state index in [1.54, 1.807) is 24.3 Å². The highest BCUT2D eigenvalue weighted by Gasteiger charge is 2.18. The zero-order valence-electron chi connectivity index (χ0n) is 9.72. The third-order valence-corrected chi connectivity index (χ3v) is 3.01. The second-order valence-corrected chi connectivity index (χ2v) is 4.19. The predicted octanol–water partition coefficient (Wildman–Crippen LogP) is 2.54. The summed E-state index contributed by atoms with van der Waals surface area (Å²) in [6.07, 6.45) is 1.95. The molecular weight excluding hydrogens is 218 g/mol. The van der Waals surface area contributed by atoms with Crippen LogP contribution in [-0.2, 0) is 4.84 Å². The molecule has 0 aromatic heterocycles. The molecule has 0 aliphatic carbocycles. The molecule has 1 aromatic rings. The van der Waals surface area contributed by atoms with Gasteiger partial charge < -0.3 is 9.94 Å². The minimum Gasteiger partial charge on any atom is -0.478 e. The van der Waals surface area contributed by atoms with E-state index < -0.39 is 5.97 Å². The lowest BCUT2D eigenvalue weighted by atomic mass is 9.95. The highest BCUT2D eigenvalue weighted by atomic mass is 16.6. The molecule has 90 valence electrons. The van der Waals surface area contributed by atoms with Gasteiger partial charge in [0.2, 0.25) is 0 Å². The summed E-state index contributed by atoms with van der Waals surface area (Å²) in [6.45, 7) is 2.80. The Morgan fingerprint density at radius 3 is 2.76 bits per heavy atom. The highest BCUT2D eigenvalue weighted by Crippen LogP contribution is 2.19. The van der Waals surface area contributed by atoms with Crippen molar-refractivity contribution >= 4 is 11.7 Å². The van der Waals surface area contributed by atoms with Crippen LogP contribution >= 0.6 is 0 Å². The number of carboxylic acids is 1. The van der Waals surface area contributed by atoms with Gasteiger partial charge in [-0.15, -0.1) is 0 Å². The van der Waals surface area contributed by atoms with Gasteiger partial charge in [0, 0.05) is 5.92 Å². The van der Waals surface area contributed by atoms with Crippen molar-refractivity contribution in [2.75, 3.05) is 6.61 Å². The smallest absolute Gasteiger partial charge is 0.335 e. The van der Waals surface area contributed by atoms with Gasteiger partial charge in [0.05, 0.1) is 11.3 Å². The van der Waals surface area contributed by atoms with Crippen molar-refractivity contribution in [2.45, 2.75) is 19.8 Å². The molecule has 1 aromatic carbocycles. The molecule has 0 saturated carbocycles. The fourth-order valence-electron chi connectivity index (χ4n) is 1.83. The molecule has 1 heterocycles. The number of hydrogen-bond acceptors (Lipinski definition) is 3. The molecule has 0 bridgehead atoms. The van der Waals surface area contributed by atoms with Crippen molar-refractivity contribution in [3.63, 3.8) is 0 Å². The largest absolute Gasteiger partial charge is 0.478 e. The lowest BCUT2D eigenvalue weighted by Crippen LogP contribution is -2.19. The molecule has 1 atom stereocenters. The van der Waals surface area contributed by atoms with Gasteiger partial charge in [0.15, 0.2) is 0 Å². The van der Waals surface area contributed by atoms with E-state index in [9.17, 15) is 4.79 Å². The SMILES string of the molecule is CCC1CON=C(c2ccc(C(=O)O)cc2)C1. The summed E-state index contributed by atoms with van der Waals surface area (Å²) < 4.78 is 0. The number of hydrogen-bond donors (Lipinski definition) is 1. The van der Waals surface area contributed by atoms with Crippen LogP contribution < -0.4 is 0 Å². The Bertz CT molecular complexity index is 436. The Balaban J connectivity index is 2.17. The van der Waals surface area contributed by atoms with E-state index >= 15 is 0 Å². The maximum Gasteiger partial charge on any atom is 0.335 e. The van der Waals surface area contributed by atoms with E-state index in [4.69, 9.17) is 9.94 Å². The Morgan fingerprint density at radius 2 is 2.18 bits per heavy atom. The first-order valence-corrected chi connectivity index (χ1v) is 5.73. The van der Waals surface area contributed by atoms with Gasteiger partial charge in [-0.1, -0.05) is 24.2 Å². The van der Waals surface area contributed by atoms with E-state index in [0.717, 1.165) is 24.1 Å². The Kier molecular flexibility index (Phi) is 3.42. The summed E-state index contributed by atoms with van der Waals surface area (Å²) in [5.41, 5.74) is 2.13. The predicted molar refractivity (Wildman–Crippen MR) is 64.3 cm³/mol. The molecule has 1 aliphatic heterocycles. The van der Waals surface area contributed by atoms with Gasteiger partial charge in [0.1, 0.15) is 6.61 Å². The summed E-state index contributed by atoms with van der Waals surface area (Å²) in [7, 11) is 0. The number of carboxylic acid groups (broad SMARTS) is 1. The molecule has 0 amide bonds. The first-order valence-electron chi connectivity index (χ1n) is 5.73. The fraction of sp³-hybridized carbons (Fsp3) is 0.385. The summed E-state index contributed by atoms with van der Waals surface area (Å²) in [6, 6.07) is 6.75. The fourth-order valence-corrected chi connectivity index (χ4v) is 1.83. The van der Waals surface area contributed by atoms with Crippen LogP contribution in [0.3, 0.4) is 0 Å². The van der Waals surface area contributed by atoms with Gasteiger partial charge in [0.25, 0.3) is 0 Å².